The van der Waals surface area contributed by atoms with E-state index in [-0.39, 0.29) is 5.56 Å². The fourth-order valence-corrected chi connectivity index (χ4v) is 1.64. The number of aryl methyl sites for hydroxylation is 1. The minimum atomic E-state index is -0.113. The van der Waals surface area contributed by atoms with E-state index in [1.807, 2.05) is 19.1 Å². The number of aromatic nitrogens is 1. The van der Waals surface area contributed by atoms with Gasteiger partial charge in [-0.25, -0.2) is 0 Å². The molecule has 0 fully saturated rings. The number of fused-ring (bicyclic) bond motifs is 1. The summed E-state index contributed by atoms with van der Waals surface area (Å²) in [5, 5.41) is 1.57. The van der Waals surface area contributed by atoms with Crippen LogP contribution in [0.2, 0.25) is 5.02 Å². The molecule has 0 aliphatic rings. The largest absolute Gasteiger partial charge is 0.321 e. The van der Waals surface area contributed by atoms with Crippen LogP contribution in [0.3, 0.4) is 0 Å². The first-order chi connectivity index (χ1) is 6.18. The molecular weight excluding hydrogens is 186 g/mol. The van der Waals surface area contributed by atoms with Gasteiger partial charge in [0.05, 0.1) is 10.5 Å². The van der Waals surface area contributed by atoms with E-state index in [1.54, 1.807) is 12.1 Å². The van der Waals surface area contributed by atoms with Crippen LogP contribution in [-0.4, -0.2) is 4.98 Å². The van der Waals surface area contributed by atoms with E-state index in [2.05, 4.69) is 4.98 Å². The van der Waals surface area contributed by atoms with Crippen LogP contribution in [0.5, 0.6) is 0 Å². The molecule has 0 bridgehead atoms. The average Bonchev–Trinajstić information content (AvgIpc) is 2.07. The van der Waals surface area contributed by atoms with Gasteiger partial charge in [-0.1, -0.05) is 23.7 Å². The first-order valence-electron chi connectivity index (χ1n) is 3.96. The summed E-state index contributed by atoms with van der Waals surface area (Å²) in [6, 6.07) is 7.14. The summed E-state index contributed by atoms with van der Waals surface area (Å²) in [6.07, 6.45) is 0. The van der Waals surface area contributed by atoms with Crippen molar-refractivity contribution >= 4 is 22.5 Å². The van der Waals surface area contributed by atoms with Crippen molar-refractivity contribution in [3.63, 3.8) is 0 Å². The van der Waals surface area contributed by atoms with Crippen LogP contribution in [0, 0.1) is 6.92 Å². The van der Waals surface area contributed by atoms with Gasteiger partial charge in [-0.2, -0.15) is 0 Å². The molecule has 13 heavy (non-hydrogen) atoms. The van der Waals surface area contributed by atoms with Gasteiger partial charge in [0.25, 0.3) is 0 Å². The molecular formula is C10H8ClNO. The van der Waals surface area contributed by atoms with E-state index < -0.39 is 0 Å². The van der Waals surface area contributed by atoms with E-state index in [4.69, 9.17) is 11.6 Å². The van der Waals surface area contributed by atoms with Gasteiger partial charge in [0, 0.05) is 11.5 Å². The number of hydrogen-bond donors (Lipinski definition) is 1. The van der Waals surface area contributed by atoms with Crippen molar-refractivity contribution in [2.45, 2.75) is 6.92 Å². The summed E-state index contributed by atoms with van der Waals surface area (Å²) < 4.78 is 0. The maximum atomic E-state index is 11.1. The van der Waals surface area contributed by atoms with Crippen molar-refractivity contribution in [3.05, 3.63) is 45.2 Å². The number of halogens is 1. The minimum Gasteiger partial charge on any atom is -0.321 e. The van der Waals surface area contributed by atoms with Crippen molar-refractivity contribution < 1.29 is 0 Å². The molecule has 0 atom stereocenters. The van der Waals surface area contributed by atoms with Crippen molar-refractivity contribution in [2.75, 3.05) is 0 Å². The van der Waals surface area contributed by atoms with Gasteiger partial charge in [-0.3, -0.25) is 4.79 Å². The number of hydrogen-bond acceptors (Lipinski definition) is 1. The standard InChI is InChI=1S/C10H8ClNO/c1-6-5-9(13)12-10-7(6)3-2-4-8(10)11/h2-5H,1H3,(H,12,13). The number of para-hydroxylation sites is 1. The third-order valence-electron chi connectivity index (χ3n) is 2.03. The fraction of sp³-hybridized carbons (Fsp3) is 0.100. The van der Waals surface area contributed by atoms with Crippen LogP contribution in [0.15, 0.2) is 29.1 Å². The van der Waals surface area contributed by atoms with Gasteiger partial charge in [-0.05, 0) is 18.6 Å². The predicted molar refractivity (Wildman–Crippen MR) is 54.3 cm³/mol. The topological polar surface area (TPSA) is 32.9 Å². The van der Waals surface area contributed by atoms with Crippen molar-refractivity contribution in [1.29, 1.82) is 0 Å². The van der Waals surface area contributed by atoms with E-state index in [9.17, 15) is 4.79 Å². The Labute approximate surface area is 80.2 Å². The Kier molecular flexibility index (Phi) is 1.85. The normalized spacial score (nSPS) is 10.6. The Hall–Kier alpha value is -1.28. The molecule has 0 saturated carbocycles. The Morgan fingerprint density at radius 3 is 2.92 bits per heavy atom. The lowest BCUT2D eigenvalue weighted by Crippen LogP contribution is -2.04. The van der Waals surface area contributed by atoms with Gasteiger partial charge in [0.15, 0.2) is 0 Å². The highest BCUT2D eigenvalue weighted by Crippen LogP contribution is 2.21. The lowest BCUT2D eigenvalue weighted by atomic mass is 10.1. The highest BCUT2D eigenvalue weighted by Gasteiger charge is 2.01. The number of rotatable bonds is 0. The molecule has 66 valence electrons. The highest BCUT2D eigenvalue weighted by atomic mass is 35.5. The maximum Gasteiger partial charge on any atom is 0.248 e. The summed E-state index contributed by atoms with van der Waals surface area (Å²) in [5.74, 6) is 0. The zero-order chi connectivity index (χ0) is 9.42. The Bertz CT molecular complexity index is 516. The predicted octanol–water partition coefficient (Wildman–Crippen LogP) is 2.49. The third kappa shape index (κ3) is 1.33. The molecule has 2 aromatic rings. The van der Waals surface area contributed by atoms with E-state index in [0.717, 1.165) is 10.9 Å². The first kappa shape index (κ1) is 8.32. The summed E-state index contributed by atoms with van der Waals surface area (Å²) in [7, 11) is 0. The molecule has 0 aliphatic heterocycles. The number of pyridine rings is 1. The van der Waals surface area contributed by atoms with Gasteiger partial charge < -0.3 is 4.98 Å². The molecule has 0 unspecified atom stereocenters. The average molecular weight is 194 g/mol. The van der Waals surface area contributed by atoms with Crippen LogP contribution in [-0.2, 0) is 0 Å². The number of aromatic amines is 1. The quantitative estimate of drug-likeness (QED) is 0.685. The molecule has 2 nitrogen and oxygen atoms in total. The van der Waals surface area contributed by atoms with Crippen molar-refractivity contribution in [3.8, 4) is 0 Å². The monoisotopic (exact) mass is 193 g/mol. The van der Waals surface area contributed by atoms with Gasteiger partial charge >= 0.3 is 0 Å². The molecule has 0 aliphatic carbocycles. The second-order valence-corrected chi connectivity index (χ2v) is 3.39. The molecule has 2 rings (SSSR count). The lowest BCUT2D eigenvalue weighted by Gasteiger charge is -2.01. The molecule has 0 saturated heterocycles. The van der Waals surface area contributed by atoms with Gasteiger partial charge in [-0.15, -0.1) is 0 Å². The second kappa shape index (κ2) is 2.89. The van der Waals surface area contributed by atoms with E-state index in [1.165, 1.54) is 0 Å². The smallest absolute Gasteiger partial charge is 0.248 e. The molecule has 1 aromatic carbocycles. The van der Waals surface area contributed by atoms with Crippen molar-refractivity contribution in [1.82, 2.24) is 4.98 Å². The molecule has 0 radical (unpaired) electrons. The zero-order valence-electron chi connectivity index (χ0n) is 7.10. The third-order valence-corrected chi connectivity index (χ3v) is 2.35. The number of nitrogens with one attached hydrogen (secondary N) is 1. The van der Waals surface area contributed by atoms with Crippen LogP contribution in [0.25, 0.3) is 10.9 Å². The SMILES string of the molecule is Cc1cc(=O)[nH]c2c(Cl)cccc12. The van der Waals surface area contributed by atoms with Crippen LogP contribution >= 0.6 is 11.6 Å². The Balaban J connectivity index is 3.03. The molecule has 1 heterocycles. The minimum absolute atomic E-state index is 0.113. The van der Waals surface area contributed by atoms with Crippen LogP contribution in [0.1, 0.15) is 5.56 Å². The molecule has 3 heteroatoms. The summed E-state index contributed by atoms with van der Waals surface area (Å²) >= 11 is 5.93. The summed E-state index contributed by atoms with van der Waals surface area (Å²) in [4.78, 5) is 13.9. The fourth-order valence-electron chi connectivity index (χ4n) is 1.41. The Morgan fingerprint density at radius 1 is 1.38 bits per heavy atom. The Morgan fingerprint density at radius 2 is 2.15 bits per heavy atom. The van der Waals surface area contributed by atoms with E-state index in [0.29, 0.717) is 10.5 Å². The summed E-state index contributed by atoms with van der Waals surface area (Å²) in [6.45, 7) is 1.90. The van der Waals surface area contributed by atoms with Crippen LogP contribution < -0.4 is 5.56 Å². The highest BCUT2D eigenvalue weighted by molar-refractivity contribution is 6.35. The maximum absolute atomic E-state index is 11.1. The number of benzene rings is 1. The van der Waals surface area contributed by atoms with Crippen molar-refractivity contribution in [2.24, 2.45) is 0 Å². The molecule has 1 N–H and O–H groups in total. The summed E-state index contributed by atoms with van der Waals surface area (Å²) in [5.41, 5.74) is 1.55. The lowest BCUT2D eigenvalue weighted by molar-refractivity contribution is 1.28. The zero-order valence-corrected chi connectivity index (χ0v) is 7.85. The number of H-pyrrole nitrogens is 1. The molecule has 0 amide bonds. The van der Waals surface area contributed by atoms with Crippen LogP contribution in [0.4, 0.5) is 0 Å². The molecule has 0 spiro atoms. The molecule has 1 aromatic heterocycles. The van der Waals surface area contributed by atoms with Gasteiger partial charge in [0.2, 0.25) is 5.56 Å². The van der Waals surface area contributed by atoms with E-state index >= 15 is 0 Å². The van der Waals surface area contributed by atoms with Gasteiger partial charge in [0.1, 0.15) is 0 Å². The first-order valence-corrected chi connectivity index (χ1v) is 4.34. The second-order valence-electron chi connectivity index (χ2n) is 2.98.